The Kier molecular flexibility index (Phi) is 4.38. The van der Waals surface area contributed by atoms with Gasteiger partial charge in [-0.25, -0.2) is 18.3 Å². The molecule has 0 bridgehead atoms. The normalized spacial score (nSPS) is 10.7. The molecule has 0 fully saturated rings. The summed E-state index contributed by atoms with van der Waals surface area (Å²) in [7, 11) is 1.50. The largest absolute Gasteiger partial charge is 0.346 e. The molecule has 2 heterocycles. The van der Waals surface area contributed by atoms with Gasteiger partial charge in [-0.1, -0.05) is 6.07 Å². The fraction of sp³-hybridized carbons (Fsp3) is 0.125. The fourth-order valence-electron chi connectivity index (χ4n) is 2.23. The highest BCUT2D eigenvalue weighted by Gasteiger charge is 2.16. The molecule has 1 aromatic carbocycles. The van der Waals surface area contributed by atoms with Crippen molar-refractivity contribution in [2.24, 2.45) is 7.05 Å². The minimum absolute atomic E-state index is 0.287. The SMILES string of the molecule is Cn1c(-c2ccccn2)nn(CC(=O)Nc2cc(F)ccc2F)c1=O. The van der Waals surface area contributed by atoms with Crippen molar-refractivity contribution in [3.8, 4) is 11.5 Å². The Bertz CT molecular complexity index is 982. The summed E-state index contributed by atoms with van der Waals surface area (Å²) < 4.78 is 28.9. The summed E-state index contributed by atoms with van der Waals surface area (Å²) in [6, 6.07) is 7.83. The number of pyridine rings is 1. The van der Waals surface area contributed by atoms with Crippen LogP contribution in [0.4, 0.5) is 14.5 Å². The molecule has 0 aliphatic rings. The Morgan fingerprint density at radius 2 is 2.04 bits per heavy atom. The molecule has 2 aromatic heterocycles. The molecule has 0 unspecified atom stereocenters. The second-order valence-corrected chi connectivity index (χ2v) is 5.21. The van der Waals surface area contributed by atoms with Gasteiger partial charge in [0.05, 0.1) is 5.69 Å². The monoisotopic (exact) mass is 345 g/mol. The van der Waals surface area contributed by atoms with E-state index in [1.165, 1.54) is 11.6 Å². The summed E-state index contributed by atoms with van der Waals surface area (Å²) in [5.41, 5.74) is -0.369. The Balaban J connectivity index is 1.83. The molecule has 1 amide bonds. The molecule has 0 saturated carbocycles. The van der Waals surface area contributed by atoms with Gasteiger partial charge in [0.25, 0.3) is 0 Å². The summed E-state index contributed by atoms with van der Waals surface area (Å²) in [5, 5.41) is 6.29. The van der Waals surface area contributed by atoms with Gasteiger partial charge in [-0.2, -0.15) is 0 Å². The lowest BCUT2D eigenvalue weighted by atomic mass is 10.3. The van der Waals surface area contributed by atoms with E-state index in [1.807, 2.05) is 0 Å². The Morgan fingerprint density at radius 1 is 1.24 bits per heavy atom. The molecule has 0 aliphatic heterocycles. The van der Waals surface area contributed by atoms with Gasteiger partial charge in [0, 0.05) is 19.3 Å². The first kappa shape index (κ1) is 16.5. The number of hydrogen-bond donors (Lipinski definition) is 1. The van der Waals surface area contributed by atoms with Gasteiger partial charge in [-0.05, 0) is 24.3 Å². The van der Waals surface area contributed by atoms with Crippen molar-refractivity contribution in [1.82, 2.24) is 19.3 Å². The standard InChI is InChI=1S/C16H13F2N5O2/c1-22-15(12-4-2-3-7-19-12)21-23(16(22)25)9-14(24)20-13-8-10(17)5-6-11(13)18/h2-8H,9H2,1H3,(H,20,24). The maximum Gasteiger partial charge on any atom is 0.346 e. The lowest BCUT2D eigenvalue weighted by Crippen LogP contribution is -2.29. The van der Waals surface area contributed by atoms with Crippen LogP contribution >= 0.6 is 0 Å². The van der Waals surface area contributed by atoms with Gasteiger partial charge < -0.3 is 5.32 Å². The van der Waals surface area contributed by atoms with E-state index in [4.69, 9.17) is 0 Å². The van der Waals surface area contributed by atoms with Crippen LogP contribution < -0.4 is 11.0 Å². The zero-order chi connectivity index (χ0) is 18.0. The van der Waals surface area contributed by atoms with Crippen molar-refractivity contribution in [3.63, 3.8) is 0 Å². The van der Waals surface area contributed by atoms with Crippen LogP contribution in [0.15, 0.2) is 47.4 Å². The quantitative estimate of drug-likeness (QED) is 0.778. The topological polar surface area (TPSA) is 81.8 Å². The second-order valence-electron chi connectivity index (χ2n) is 5.21. The van der Waals surface area contributed by atoms with Crippen LogP contribution in [0, 0.1) is 11.6 Å². The lowest BCUT2D eigenvalue weighted by Gasteiger charge is -2.06. The molecule has 0 saturated heterocycles. The van der Waals surface area contributed by atoms with Gasteiger partial charge in [0.2, 0.25) is 5.91 Å². The molecule has 9 heteroatoms. The first-order chi connectivity index (χ1) is 12.0. The van der Waals surface area contributed by atoms with Crippen molar-refractivity contribution in [2.75, 3.05) is 5.32 Å². The average Bonchev–Trinajstić information content (AvgIpc) is 2.87. The summed E-state index contributed by atoms with van der Waals surface area (Å²) in [6.45, 7) is -0.449. The first-order valence-corrected chi connectivity index (χ1v) is 7.26. The summed E-state index contributed by atoms with van der Waals surface area (Å²) in [4.78, 5) is 28.3. The molecule has 0 aliphatic carbocycles. The number of carbonyl (C=O) groups excluding carboxylic acids is 1. The third kappa shape index (κ3) is 3.44. The predicted octanol–water partition coefficient (Wildman–Crippen LogP) is 1.56. The molecule has 25 heavy (non-hydrogen) atoms. The van der Waals surface area contributed by atoms with E-state index in [0.29, 0.717) is 5.69 Å². The molecule has 0 radical (unpaired) electrons. The molecular formula is C16H13F2N5O2. The van der Waals surface area contributed by atoms with E-state index >= 15 is 0 Å². The van der Waals surface area contributed by atoms with Crippen LogP contribution in [0.3, 0.4) is 0 Å². The van der Waals surface area contributed by atoms with Crippen molar-refractivity contribution >= 4 is 11.6 Å². The number of benzene rings is 1. The fourth-order valence-corrected chi connectivity index (χ4v) is 2.23. The van der Waals surface area contributed by atoms with Crippen molar-refractivity contribution in [1.29, 1.82) is 0 Å². The van der Waals surface area contributed by atoms with Crippen molar-refractivity contribution in [2.45, 2.75) is 6.54 Å². The summed E-state index contributed by atoms with van der Waals surface area (Å²) >= 11 is 0. The summed E-state index contributed by atoms with van der Waals surface area (Å²) in [5.74, 6) is -1.89. The molecule has 128 valence electrons. The number of hydrogen-bond acceptors (Lipinski definition) is 4. The number of nitrogens with zero attached hydrogens (tertiary/aromatic N) is 4. The van der Waals surface area contributed by atoms with Crippen molar-refractivity contribution < 1.29 is 13.6 Å². The van der Waals surface area contributed by atoms with E-state index in [2.05, 4.69) is 15.4 Å². The zero-order valence-electron chi connectivity index (χ0n) is 13.1. The third-order valence-electron chi connectivity index (χ3n) is 3.43. The lowest BCUT2D eigenvalue weighted by molar-refractivity contribution is -0.117. The van der Waals surface area contributed by atoms with Gasteiger partial charge in [-0.3, -0.25) is 14.3 Å². The maximum absolute atomic E-state index is 13.6. The van der Waals surface area contributed by atoms with Crippen LogP contribution in [-0.2, 0) is 18.4 Å². The Hall–Kier alpha value is -3.36. The number of rotatable bonds is 4. The number of amides is 1. The van der Waals surface area contributed by atoms with Gasteiger partial charge in [0.15, 0.2) is 5.82 Å². The average molecular weight is 345 g/mol. The number of aromatic nitrogens is 4. The highest BCUT2D eigenvalue weighted by molar-refractivity contribution is 5.90. The van der Waals surface area contributed by atoms with Gasteiger partial charge in [0.1, 0.15) is 23.9 Å². The van der Waals surface area contributed by atoms with Crippen molar-refractivity contribution in [3.05, 3.63) is 64.7 Å². The van der Waals surface area contributed by atoms with E-state index < -0.39 is 29.8 Å². The highest BCUT2D eigenvalue weighted by Crippen LogP contribution is 2.15. The molecule has 0 spiro atoms. The smallest absolute Gasteiger partial charge is 0.322 e. The molecule has 0 atom stereocenters. The van der Waals surface area contributed by atoms with Gasteiger partial charge >= 0.3 is 5.69 Å². The number of anilines is 1. The number of halogens is 2. The van der Waals surface area contributed by atoms with E-state index in [9.17, 15) is 18.4 Å². The third-order valence-corrected chi connectivity index (χ3v) is 3.43. The Morgan fingerprint density at radius 3 is 2.76 bits per heavy atom. The molecule has 7 nitrogen and oxygen atoms in total. The van der Waals surface area contributed by atoms with E-state index in [0.717, 1.165) is 22.9 Å². The Labute approximate surface area is 140 Å². The van der Waals surface area contributed by atoms with Crippen LogP contribution in [0.25, 0.3) is 11.5 Å². The highest BCUT2D eigenvalue weighted by atomic mass is 19.1. The molecule has 1 N–H and O–H groups in total. The van der Waals surface area contributed by atoms with E-state index in [-0.39, 0.29) is 11.5 Å². The van der Waals surface area contributed by atoms with Crippen LogP contribution in [0.5, 0.6) is 0 Å². The second kappa shape index (κ2) is 6.63. The maximum atomic E-state index is 13.6. The van der Waals surface area contributed by atoms with Crippen LogP contribution in [0.1, 0.15) is 0 Å². The van der Waals surface area contributed by atoms with Gasteiger partial charge in [-0.15, -0.1) is 5.10 Å². The first-order valence-electron chi connectivity index (χ1n) is 7.26. The zero-order valence-corrected chi connectivity index (χ0v) is 13.1. The minimum atomic E-state index is -0.780. The van der Waals surface area contributed by atoms with Crippen LogP contribution in [0.2, 0.25) is 0 Å². The predicted molar refractivity (Wildman–Crippen MR) is 85.7 cm³/mol. The minimum Gasteiger partial charge on any atom is -0.322 e. The molecular weight excluding hydrogens is 332 g/mol. The summed E-state index contributed by atoms with van der Waals surface area (Å²) in [6.07, 6.45) is 1.55. The number of carbonyl (C=O) groups is 1. The number of nitrogens with one attached hydrogen (secondary N) is 1. The van der Waals surface area contributed by atoms with Crippen LogP contribution in [-0.4, -0.2) is 25.2 Å². The molecule has 3 rings (SSSR count). The van der Waals surface area contributed by atoms with E-state index in [1.54, 1.807) is 24.4 Å². The molecule has 3 aromatic rings.